The lowest BCUT2D eigenvalue weighted by atomic mass is 10.2. The van der Waals surface area contributed by atoms with Crippen molar-refractivity contribution in [3.05, 3.63) is 60.2 Å². The second-order valence-corrected chi connectivity index (χ2v) is 7.00. The first-order chi connectivity index (χ1) is 13.6. The monoisotopic (exact) mass is 397 g/mol. The average Bonchev–Trinajstić information content (AvgIpc) is 3.11. The number of thioether (sulfide) groups is 1. The minimum absolute atomic E-state index is 0.0261. The molecular formula is C20H23N5O2S. The Balaban J connectivity index is 1.67. The Hall–Kier alpha value is -3.00. The van der Waals surface area contributed by atoms with Gasteiger partial charge in [-0.3, -0.25) is 4.79 Å². The molecule has 8 heteroatoms. The normalized spacial score (nSPS) is 10.6. The summed E-state index contributed by atoms with van der Waals surface area (Å²) >= 11 is 1.27. The number of para-hydroxylation sites is 1. The maximum absolute atomic E-state index is 12.6. The van der Waals surface area contributed by atoms with Gasteiger partial charge in [0.25, 0.3) is 0 Å². The van der Waals surface area contributed by atoms with Crippen molar-refractivity contribution in [1.29, 1.82) is 0 Å². The summed E-state index contributed by atoms with van der Waals surface area (Å²) in [6, 6.07) is 17.4. The molecule has 3 aromatic rings. The molecule has 2 N–H and O–H groups in total. The number of rotatable bonds is 8. The Morgan fingerprint density at radius 1 is 1.14 bits per heavy atom. The van der Waals surface area contributed by atoms with Crippen LogP contribution in [0.3, 0.4) is 0 Å². The van der Waals surface area contributed by atoms with Crippen LogP contribution < -0.4 is 10.6 Å². The van der Waals surface area contributed by atoms with Gasteiger partial charge in [0.1, 0.15) is 5.75 Å². The number of aromatic nitrogens is 3. The zero-order valence-corrected chi connectivity index (χ0v) is 16.7. The van der Waals surface area contributed by atoms with E-state index >= 15 is 0 Å². The molecule has 146 valence electrons. The van der Waals surface area contributed by atoms with E-state index in [1.165, 1.54) is 16.4 Å². The summed E-state index contributed by atoms with van der Waals surface area (Å²) in [6.45, 7) is 3.19. The summed E-state index contributed by atoms with van der Waals surface area (Å²) in [7, 11) is 1.59. The van der Waals surface area contributed by atoms with Gasteiger partial charge in [0, 0.05) is 13.1 Å². The first kappa shape index (κ1) is 19.8. The minimum atomic E-state index is 0.0261. The number of ether oxygens (including phenoxy) is 1. The molecule has 0 aliphatic carbocycles. The van der Waals surface area contributed by atoms with Crippen LogP contribution in [0.1, 0.15) is 12.5 Å². The van der Waals surface area contributed by atoms with Gasteiger partial charge in [-0.1, -0.05) is 54.2 Å². The molecule has 0 atom stereocenters. The van der Waals surface area contributed by atoms with Crippen LogP contribution in [0.5, 0.6) is 5.75 Å². The fourth-order valence-electron chi connectivity index (χ4n) is 2.79. The summed E-state index contributed by atoms with van der Waals surface area (Å²) in [6.07, 6.45) is 0. The lowest BCUT2D eigenvalue weighted by Gasteiger charge is -2.20. The molecule has 0 radical (unpaired) electrons. The molecule has 0 saturated carbocycles. The van der Waals surface area contributed by atoms with Crippen LogP contribution in [-0.2, 0) is 11.3 Å². The Morgan fingerprint density at radius 3 is 2.57 bits per heavy atom. The Bertz CT molecular complexity index is 929. The third kappa shape index (κ3) is 4.45. The summed E-state index contributed by atoms with van der Waals surface area (Å²) in [5.74, 6) is 7.58. The first-order valence-electron chi connectivity index (χ1n) is 8.92. The third-order valence-corrected chi connectivity index (χ3v) is 5.22. The van der Waals surface area contributed by atoms with Gasteiger partial charge in [-0.15, -0.1) is 10.2 Å². The number of benzene rings is 2. The van der Waals surface area contributed by atoms with Crippen LogP contribution in [0.15, 0.2) is 59.8 Å². The number of methoxy groups -OCH3 is 1. The summed E-state index contributed by atoms with van der Waals surface area (Å²) in [4.78, 5) is 14.4. The number of amides is 1. The molecule has 28 heavy (non-hydrogen) atoms. The second-order valence-electron chi connectivity index (χ2n) is 6.06. The van der Waals surface area contributed by atoms with Gasteiger partial charge in [0.2, 0.25) is 11.1 Å². The highest BCUT2D eigenvalue weighted by atomic mass is 32.2. The Kier molecular flexibility index (Phi) is 6.54. The van der Waals surface area contributed by atoms with E-state index in [1.807, 2.05) is 61.5 Å². The topological polar surface area (TPSA) is 86.3 Å². The fourth-order valence-corrected chi connectivity index (χ4v) is 3.55. The molecule has 2 aromatic carbocycles. The molecule has 1 aromatic heterocycles. The minimum Gasteiger partial charge on any atom is -0.496 e. The number of hydrogen-bond donors (Lipinski definition) is 1. The quantitative estimate of drug-likeness (QED) is 0.465. The second kappa shape index (κ2) is 9.27. The number of nitrogens with two attached hydrogens (primary N) is 1. The maximum atomic E-state index is 12.6. The zero-order valence-electron chi connectivity index (χ0n) is 15.9. The Labute approximate surface area is 168 Å². The highest BCUT2D eigenvalue weighted by Gasteiger charge is 2.18. The number of carbonyl (C=O) groups is 1. The van der Waals surface area contributed by atoms with Crippen LogP contribution in [0, 0.1) is 0 Å². The van der Waals surface area contributed by atoms with E-state index in [0.717, 1.165) is 11.1 Å². The summed E-state index contributed by atoms with van der Waals surface area (Å²) in [5, 5.41) is 8.78. The molecule has 1 amide bonds. The molecule has 0 saturated heterocycles. The van der Waals surface area contributed by atoms with Crippen molar-refractivity contribution in [3.63, 3.8) is 0 Å². The predicted molar refractivity (Wildman–Crippen MR) is 110 cm³/mol. The van der Waals surface area contributed by atoms with Crippen molar-refractivity contribution in [3.8, 4) is 17.1 Å². The first-order valence-corrected chi connectivity index (χ1v) is 9.91. The molecule has 0 spiro atoms. The van der Waals surface area contributed by atoms with Crippen molar-refractivity contribution in [2.24, 2.45) is 0 Å². The predicted octanol–water partition coefficient (Wildman–Crippen LogP) is 2.81. The van der Waals surface area contributed by atoms with E-state index < -0.39 is 0 Å². The largest absolute Gasteiger partial charge is 0.496 e. The standard InChI is InChI=1S/C20H23N5O2S/c1-3-24(13-15-9-5-4-6-10-15)18(26)14-28-20-23-22-19(25(20)21)16-11-7-8-12-17(16)27-2/h4-12H,3,13-14,21H2,1-2H3. The van der Waals surface area contributed by atoms with E-state index in [-0.39, 0.29) is 11.7 Å². The van der Waals surface area contributed by atoms with Gasteiger partial charge in [-0.2, -0.15) is 0 Å². The summed E-state index contributed by atoms with van der Waals surface area (Å²) in [5.41, 5.74) is 1.85. The van der Waals surface area contributed by atoms with Crippen LogP contribution in [0.2, 0.25) is 0 Å². The van der Waals surface area contributed by atoms with Crippen LogP contribution in [0.25, 0.3) is 11.4 Å². The van der Waals surface area contributed by atoms with E-state index in [0.29, 0.717) is 29.8 Å². The van der Waals surface area contributed by atoms with Gasteiger partial charge in [-0.25, -0.2) is 4.68 Å². The van der Waals surface area contributed by atoms with E-state index in [2.05, 4.69) is 10.2 Å². The Morgan fingerprint density at radius 2 is 1.86 bits per heavy atom. The lowest BCUT2D eigenvalue weighted by molar-refractivity contribution is -0.128. The molecule has 0 unspecified atom stereocenters. The van der Waals surface area contributed by atoms with Crippen LogP contribution in [-0.4, -0.2) is 45.1 Å². The average molecular weight is 398 g/mol. The maximum Gasteiger partial charge on any atom is 0.233 e. The van der Waals surface area contributed by atoms with E-state index in [9.17, 15) is 4.79 Å². The van der Waals surface area contributed by atoms with Gasteiger partial charge in [0.05, 0.1) is 18.4 Å². The molecule has 0 bridgehead atoms. The number of nitrogen functional groups attached to an aromatic ring is 1. The van der Waals surface area contributed by atoms with E-state index in [1.54, 1.807) is 12.0 Å². The van der Waals surface area contributed by atoms with Gasteiger partial charge in [-0.05, 0) is 24.6 Å². The highest BCUT2D eigenvalue weighted by Crippen LogP contribution is 2.29. The molecule has 1 heterocycles. The fraction of sp³-hybridized carbons (Fsp3) is 0.250. The van der Waals surface area contributed by atoms with Crippen LogP contribution >= 0.6 is 11.8 Å². The number of carbonyl (C=O) groups excluding carboxylic acids is 1. The molecule has 0 fully saturated rings. The van der Waals surface area contributed by atoms with E-state index in [4.69, 9.17) is 10.6 Å². The molecule has 7 nitrogen and oxygen atoms in total. The van der Waals surface area contributed by atoms with Crippen molar-refractivity contribution < 1.29 is 9.53 Å². The van der Waals surface area contributed by atoms with Crippen molar-refractivity contribution in [2.75, 3.05) is 25.3 Å². The van der Waals surface area contributed by atoms with Crippen molar-refractivity contribution >= 4 is 17.7 Å². The van der Waals surface area contributed by atoms with Crippen LogP contribution in [0.4, 0.5) is 0 Å². The number of nitrogens with zero attached hydrogens (tertiary/aromatic N) is 4. The lowest BCUT2D eigenvalue weighted by Crippen LogP contribution is -2.31. The van der Waals surface area contributed by atoms with Gasteiger partial charge >= 0.3 is 0 Å². The molecule has 0 aliphatic rings. The number of hydrogen-bond acceptors (Lipinski definition) is 6. The zero-order chi connectivity index (χ0) is 19.9. The smallest absolute Gasteiger partial charge is 0.233 e. The SMILES string of the molecule is CCN(Cc1ccccc1)C(=O)CSc1nnc(-c2ccccc2OC)n1N. The van der Waals surface area contributed by atoms with Crippen molar-refractivity contribution in [1.82, 2.24) is 19.8 Å². The molecule has 3 rings (SSSR count). The third-order valence-electron chi connectivity index (χ3n) is 4.29. The van der Waals surface area contributed by atoms with Gasteiger partial charge < -0.3 is 15.5 Å². The van der Waals surface area contributed by atoms with Crippen molar-refractivity contribution in [2.45, 2.75) is 18.6 Å². The highest BCUT2D eigenvalue weighted by molar-refractivity contribution is 7.99. The van der Waals surface area contributed by atoms with Gasteiger partial charge in [0.15, 0.2) is 5.82 Å². The summed E-state index contributed by atoms with van der Waals surface area (Å²) < 4.78 is 6.75. The molecule has 0 aliphatic heterocycles. The molecular weight excluding hydrogens is 374 g/mol.